The van der Waals surface area contributed by atoms with Crippen molar-refractivity contribution in [2.24, 2.45) is 11.8 Å². The summed E-state index contributed by atoms with van der Waals surface area (Å²) in [7, 11) is 1.18. The molecule has 0 amide bonds. The summed E-state index contributed by atoms with van der Waals surface area (Å²) >= 11 is 12.1. The van der Waals surface area contributed by atoms with E-state index < -0.39 is 41.7 Å². The van der Waals surface area contributed by atoms with Crippen LogP contribution in [0.2, 0.25) is 10.0 Å². The van der Waals surface area contributed by atoms with Crippen molar-refractivity contribution in [2.45, 2.75) is 43.7 Å². The Morgan fingerprint density at radius 1 is 1.15 bits per heavy atom. The van der Waals surface area contributed by atoms with Gasteiger partial charge >= 0.3 is 12.1 Å². The van der Waals surface area contributed by atoms with Crippen LogP contribution in [0.25, 0.3) is 0 Å². The second-order valence-electron chi connectivity index (χ2n) is 8.57. The lowest BCUT2D eigenvalue weighted by Crippen LogP contribution is -2.30. The van der Waals surface area contributed by atoms with E-state index in [0.29, 0.717) is 21.8 Å². The standard InChI is InChI=1S/C24H24Cl2F5NO2/c1-13(24(29,30)31)18(14-3-6-16(25)7-4-14)12-32-21-9-15(5-8-20(21)26)17(10-22(33)34-2)19-11-23(19,27)28/h3-9,13,17-19,32H,10-12H2,1-2H3/t13-,17?,18+,19?/m1/s1. The summed E-state index contributed by atoms with van der Waals surface area (Å²) in [5.41, 5.74) is 1.17. The summed E-state index contributed by atoms with van der Waals surface area (Å²) in [6.45, 7) is 0.979. The van der Waals surface area contributed by atoms with Crippen LogP contribution in [0.5, 0.6) is 0 Å². The number of rotatable bonds is 9. The van der Waals surface area contributed by atoms with E-state index in [1.54, 1.807) is 6.07 Å². The zero-order valence-corrected chi connectivity index (χ0v) is 19.9. The summed E-state index contributed by atoms with van der Waals surface area (Å²) in [6.07, 6.45) is -5.03. The van der Waals surface area contributed by atoms with Gasteiger partial charge in [0.1, 0.15) is 0 Å². The van der Waals surface area contributed by atoms with Crippen molar-refractivity contribution in [3.05, 3.63) is 63.6 Å². The van der Waals surface area contributed by atoms with E-state index in [9.17, 15) is 26.7 Å². The molecule has 34 heavy (non-hydrogen) atoms. The molecule has 0 spiro atoms. The topological polar surface area (TPSA) is 38.3 Å². The second kappa shape index (κ2) is 10.3. The van der Waals surface area contributed by atoms with Gasteiger partial charge in [0, 0.05) is 35.7 Å². The summed E-state index contributed by atoms with van der Waals surface area (Å²) in [4.78, 5) is 11.8. The highest BCUT2D eigenvalue weighted by molar-refractivity contribution is 6.33. The van der Waals surface area contributed by atoms with E-state index in [1.807, 2.05) is 0 Å². The van der Waals surface area contributed by atoms with Crippen molar-refractivity contribution in [3.8, 4) is 0 Å². The van der Waals surface area contributed by atoms with Gasteiger partial charge in [0.2, 0.25) is 0 Å². The highest BCUT2D eigenvalue weighted by Crippen LogP contribution is 2.57. The Kier molecular flexibility index (Phi) is 8.03. The third-order valence-electron chi connectivity index (χ3n) is 6.32. The number of methoxy groups -OCH3 is 1. The molecular weight excluding hydrogens is 500 g/mol. The average molecular weight is 524 g/mol. The molecule has 2 aromatic rings. The van der Waals surface area contributed by atoms with Crippen molar-refractivity contribution < 1.29 is 31.5 Å². The van der Waals surface area contributed by atoms with Crippen LogP contribution < -0.4 is 5.32 Å². The first-order valence-corrected chi connectivity index (χ1v) is 11.4. The first kappa shape index (κ1) is 26.5. The minimum atomic E-state index is -4.44. The van der Waals surface area contributed by atoms with Gasteiger partial charge < -0.3 is 10.1 Å². The number of esters is 1. The van der Waals surface area contributed by atoms with Gasteiger partial charge in [0.05, 0.1) is 30.2 Å². The fourth-order valence-corrected chi connectivity index (χ4v) is 4.39. The Hall–Kier alpha value is -2.06. The molecule has 1 aliphatic rings. The van der Waals surface area contributed by atoms with Gasteiger partial charge in [-0.3, -0.25) is 4.79 Å². The van der Waals surface area contributed by atoms with Crippen LogP contribution in [-0.4, -0.2) is 31.7 Å². The largest absolute Gasteiger partial charge is 0.469 e. The van der Waals surface area contributed by atoms with Gasteiger partial charge in [-0.1, -0.05) is 48.3 Å². The Morgan fingerprint density at radius 3 is 2.26 bits per heavy atom. The number of carbonyl (C=O) groups is 1. The summed E-state index contributed by atoms with van der Waals surface area (Å²) < 4.78 is 73.0. The van der Waals surface area contributed by atoms with Crippen molar-refractivity contribution in [1.82, 2.24) is 0 Å². The van der Waals surface area contributed by atoms with Crippen molar-refractivity contribution in [2.75, 3.05) is 19.0 Å². The summed E-state index contributed by atoms with van der Waals surface area (Å²) in [6, 6.07) is 10.7. The van der Waals surface area contributed by atoms with Gasteiger partial charge in [0.25, 0.3) is 5.92 Å². The lowest BCUT2D eigenvalue weighted by molar-refractivity contribution is -0.174. The molecule has 0 aliphatic heterocycles. The molecule has 2 unspecified atom stereocenters. The van der Waals surface area contributed by atoms with Crippen LogP contribution in [0.1, 0.15) is 42.7 Å². The number of carbonyl (C=O) groups excluding carboxylic acids is 1. The van der Waals surface area contributed by atoms with E-state index in [1.165, 1.54) is 43.5 Å². The number of hydrogen-bond donors (Lipinski definition) is 1. The van der Waals surface area contributed by atoms with Crippen LogP contribution in [-0.2, 0) is 9.53 Å². The van der Waals surface area contributed by atoms with Gasteiger partial charge in [-0.15, -0.1) is 0 Å². The van der Waals surface area contributed by atoms with E-state index >= 15 is 0 Å². The Labute approximate surface area is 204 Å². The smallest absolute Gasteiger partial charge is 0.392 e. The molecule has 1 fully saturated rings. The molecule has 1 aliphatic carbocycles. The van der Waals surface area contributed by atoms with Crippen LogP contribution >= 0.6 is 23.2 Å². The Bertz CT molecular complexity index is 1010. The third kappa shape index (κ3) is 6.33. The van der Waals surface area contributed by atoms with Gasteiger partial charge in [-0.05, 0) is 35.4 Å². The number of benzene rings is 2. The fraction of sp³-hybridized carbons (Fsp3) is 0.458. The molecule has 1 N–H and O–H groups in total. The first-order valence-electron chi connectivity index (χ1n) is 10.6. The van der Waals surface area contributed by atoms with Crippen LogP contribution in [0.3, 0.4) is 0 Å². The molecule has 2 aromatic carbocycles. The number of nitrogens with one attached hydrogen (secondary N) is 1. The number of hydrogen-bond acceptors (Lipinski definition) is 3. The van der Waals surface area contributed by atoms with E-state index in [-0.39, 0.29) is 24.4 Å². The molecular formula is C24H24Cl2F5NO2. The minimum absolute atomic E-state index is 0.118. The van der Waals surface area contributed by atoms with E-state index in [2.05, 4.69) is 10.1 Å². The Balaban J connectivity index is 1.86. The highest BCUT2D eigenvalue weighted by atomic mass is 35.5. The van der Waals surface area contributed by atoms with Crippen molar-refractivity contribution >= 4 is 34.9 Å². The average Bonchev–Trinajstić information content (AvgIpc) is 3.41. The third-order valence-corrected chi connectivity index (χ3v) is 6.90. The van der Waals surface area contributed by atoms with Crippen LogP contribution in [0.15, 0.2) is 42.5 Å². The summed E-state index contributed by atoms with van der Waals surface area (Å²) in [5, 5.41) is 3.58. The molecule has 10 heteroatoms. The molecule has 3 nitrogen and oxygen atoms in total. The predicted octanol–water partition coefficient (Wildman–Crippen LogP) is 7.69. The number of halogens is 7. The minimum Gasteiger partial charge on any atom is -0.469 e. The maximum atomic E-state index is 13.8. The quantitative estimate of drug-likeness (QED) is 0.270. The SMILES string of the molecule is COC(=O)CC(c1ccc(Cl)c(NC[C@H](c2ccc(Cl)cc2)[C@@H](C)C(F)(F)F)c1)C1CC1(F)F. The molecule has 0 aromatic heterocycles. The van der Waals surface area contributed by atoms with E-state index in [4.69, 9.17) is 23.2 Å². The fourth-order valence-electron chi connectivity index (χ4n) is 4.08. The predicted molar refractivity (Wildman–Crippen MR) is 122 cm³/mol. The number of alkyl halides is 5. The summed E-state index contributed by atoms with van der Waals surface area (Å²) in [5.74, 6) is -7.97. The number of anilines is 1. The van der Waals surface area contributed by atoms with Crippen molar-refractivity contribution in [1.29, 1.82) is 0 Å². The number of ether oxygens (including phenoxy) is 1. The van der Waals surface area contributed by atoms with Crippen LogP contribution in [0.4, 0.5) is 27.6 Å². The van der Waals surface area contributed by atoms with Gasteiger partial charge in [0.15, 0.2) is 0 Å². The first-order chi connectivity index (χ1) is 15.8. The lowest BCUT2D eigenvalue weighted by Gasteiger charge is -2.27. The van der Waals surface area contributed by atoms with Gasteiger partial charge in [-0.2, -0.15) is 13.2 Å². The zero-order valence-electron chi connectivity index (χ0n) is 18.4. The maximum Gasteiger partial charge on any atom is 0.392 e. The normalized spacial score (nSPS) is 19.7. The molecule has 0 saturated heterocycles. The van der Waals surface area contributed by atoms with Crippen LogP contribution in [0, 0.1) is 11.8 Å². The lowest BCUT2D eigenvalue weighted by atomic mass is 9.86. The monoisotopic (exact) mass is 523 g/mol. The molecule has 0 bridgehead atoms. The van der Waals surface area contributed by atoms with Crippen molar-refractivity contribution in [3.63, 3.8) is 0 Å². The molecule has 3 rings (SSSR count). The highest BCUT2D eigenvalue weighted by Gasteiger charge is 2.60. The Morgan fingerprint density at radius 2 is 1.74 bits per heavy atom. The molecule has 186 valence electrons. The van der Waals surface area contributed by atoms with E-state index in [0.717, 1.165) is 6.92 Å². The molecule has 0 heterocycles. The maximum absolute atomic E-state index is 13.8. The zero-order chi connectivity index (χ0) is 25.3. The van der Waals surface area contributed by atoms with Gasteiger partial charge in [-0.25, -0.2) is 8.78 Å². The second-order valence-corrected chi connectivity index (χ2v) is 9.41. The molecule has 0 radical (unpaired) electrons. The molecule has 4 atom stereocenters. The molecule has 1 saturated carbocycles.